The monoisotopic (exact) mass is 182 g/mol. The van der Waals surface area contributed by atoms with Gasteiger partial charge in [0.2, 0.25) is 0 Å². The summed E-state index contributed by atoms with van der Waals surface area (Å²) in [7, 11) is 0. The van der Waals surface area contributed by atoms with Crippen molar-refractivity contribution in [1.29, 1.82) is 0 Å². The van der Waals surface area contributed by atoms with Crippen LogP contribution in [0, 0.1) is 0 Å². The van der Waals surface area contributed by atoms with Crippen molar-refractivity contribution in [2.24, 2.45) is 0 Å². The molecule has 2 fully saturated rings. The van der Waals surface area contributed by atoms with Gasteiger partial charge in [-0.15, -0.1) is 0 Å². The normalized spacial score (nSPS) is 53.4. The number of halogens is 2. The van der Waals surface area contributed by atoms with Gasteiger partial charge in [-0.2, -0.15) is 0 Å². The first-order valence-electron chi connectivity index (χ1n) is 3.35. The molecule has 0 aromatic rings. The molecule has 2 saturated heterocycles. The summed E-state index contributed by atoms with van der Waals surface area (Å²) in [5.41, 5.74) is -0.335. The molecule has 0 radical (unpaired) electrons. The highest BCUT2D eigenvalue weighted by Gasteiger charge is 2.42. The summed E-state index contributed by atoms with van der Waals surface area (Å²) < 4.78 is 10.6. The average Bonchev–Trinajstić information content (AvgIpc) is 2.21. The molecule has 0 aliphatic carbocycles. The summed E-state index contributed by atoms with van der Waals surface area (Å²) >= 11 is 11.4. The van der Waals surface area contributed by atoms with Gasteiger partial charge < -0.3 is 9.47 Å². The van der Waals surface area contributed by atoms with Crippen LogP contribution in [0.5, 0.6) is 0 Å². The predicted octanol–water partition coefficient (Wildman–Crippen LogP) is 1.69. The van der Waals surface area contributed by atoms with Crippen molar-refractivity contribution in [1.82, 2.24) is 0 Å². The van der Waals surface area contributed by atoms with E-state index < -0.39 is 0 Å². The van der Waals surface area contributed by atoms with Gasteiger partial charge in [0.15, 0.2) is 0 Å². The summed E-state index contributed by atoms with van der Waals surface area (Å²) in [6.07, 6.45) is 1.83. The summed E-state index contributed by atoms with van der Waals surface area (Å²) in [4.78, 5) is 0. The molecule has 4 atom stereocenters. The second-order valence-corrected chi connectivity index (χ2v) is 3.61. The van der Waals surface area contributed by atoms with Crippen molar-refractivity contribution < 1.29 is 9.47 Å². The van der Waals surface area contributed by atoms with Crippen LogP contribution in [0.2, 0.25) is 0 Å². The summed E-state index contributed by atoms with van der Waals surface area (Å²) in [6, 6.07) is 0. The van der Waals surface area contributed by atoms with Gasteiger partial charge >= 0.3 is 0 Å². The van der Waals surface area contributed by atoms with E-state index in [1.54, 1.807) is 0 Å². The standard InChI is InChI=1S/C6H8Cl2O2/c7-5-1-3-4(10-5)2-6(8)9-3/h3-6H,1-2H2/t3-,4+,5+,6-. The van der Waals surface area contributed by atoms with E-state index in [2.05, 4.69) is 0 Å². The Balaban J connectivity index is 2.00. The Morgan fingerprint density at radius 3 is 1.70 bits per heavy atom. The van der Waals surface area contributed by atoms with Crippen molar-refractivity contribution in [2.75, 3.05) is 0 Å². The van der Waals surface area contributed by atoms with Crippen LogP contribution in [-0.2, 0) is 9.47 Å². The van der Waals surface area contributed by atoms with Crippen molar-refractivity contribution in [3.63, 3.8) is 0 Å². The van der Waals surface area contributed by atoms with Gasteiger partial charge in [-0.25, -0.2) is 0 Å². The lowest BCUT2D eigenvalue weighted by molar-refractivity contribution is 0.0601. The van der Waals surface area contributed by atoms with Crippen LogP contribution >= 0.6 is 23.2 Å². The molecule has 0 unspecified atom stereocenters. The van der Waals surface area contributed by atoms with Crippen LogP contribution in [0.25, 0.3) is 0 Å². The van der Waals surface area contributed by atoms with E-state index >= 15 is 0 Å². The summed E-state index contributed by atoms with van der Waals surface area (Å²) in [5.74, 6) is 0. The minimum atomic E-state index is -0.167. The molecule has 0 saturated carbocycles. The van der Waals surface area contributed by atoms with E-state index in [9.17, 15) is 0 Å². The first-order chi connectivity index (χ1) is 4.75. The number of rotatable bonds is 0. The van der Waals surface area contributed by atoms with Crippen molar-refractivity contribution >= 4 is 23.2 Å². The van der Waals surface area contributed by atoms with E-state index in [1.807, 2.05) is 0 Å². The van der Waals surface area contributed by atoms with Crippen molar-refractivity contribution in [3.05, 3.63) is 0 Å². The SMILES string of the molecule is Cl[C@@H]1C[C@H]2O[C@@H](Cl)C[C@@H]2O1. The van der Waals surface area contributed by atoms with E-state index in [1.165, 1.54) is 0 Å². The molecule has 10 heavy (non-hydrogen) atoms. The van der Waals surface area contributed by atoms with Gasteiger partial charge in [-0.05, 0) is 0 Å². The van der Waals surface area contributed by atoms with Crippen LogP contribution in [0.3, 0.4) is 0 Å². The smallest absolute Gasteiger partial charge is 0.134 e. The number of ether oxygens (including phenoxy) is 2. The molecule has 0 aromatic heterocycles. The van der Waals surface area contributed by atoms with Crippen LogP contribution in [0.4, 0.5) is 0 Å². The first-order valence-corrected chi connectivity index (χ1v) is 4.22. The molecule has 0 amide bonds. The number of alkyl halides is 2. The minimum Gasteiger partial charge on any atom is -0.356 e. The van der Waals surface area contributed by atoms with Gasteiger partial charge in [0.25, 0.3) is 0 Å². The minimum absolute atomic E-state index is 0.144. The van der Waals surface area contributed by atoms with E-state index in [4.69, 9.17) is 32.7 Å². The maximum Gasteiger partial charge on any atom is 0.134 e. The largest absolute Gasteiger partial charge is 0.356 e. The topological polar surface area (TPSA) is 18.5 Å². The molecule has 0 bridgehead atoms. The molecule has 4 heteroatoms. The number of hydrogen-bond donors (Lipinski definition) is 0. The molecule has 58 valence electrons. The molecular formula is C6H8Cl2O2. The molecule has 2 aliphatic heterocycles. The maximum absolute atomic E-state index is 5.72. The summed E-state index contributed by atoms with van der Waals surface area (Å²) in [5, 5.41) is 0. The quantitative estimate of drug-likeness (QED) is 0.532. The van der Waals surface area contributed by atoms with E-state index in [0.717, 1.165) is 12.8 Å². The molecule has 2 rings (SSSR count). The van der Waals surface area contributed by atoms with Crippen LogP contribution < -0.4 is 0 Å². The summed E-state index contributed by atoms with van der Waals surface area (Å²) in [6.45, 7) is 0. The zero-order valence-corrected chi connectivity index (χ0v) is 6.81. The van der Waals surface area contributed by atoms with Gasteiger partial charge in [-0.3, -0.25) is 0 Å². The van der Waals surface area contributed by atoms with E-state index in [0.29, 0.717) is 0 Å². The Bertz CT molecular complexity index is 114. The van der Waals surface area contributed by atoms with Gasteiger partial charge in [0.05, 0.1) is 12.2 Å². The highest BCUT2D eigenvalue weighted by atomic mass is 35.5. The molecule has 0 spiro atoms. The molecule has 2 aliphatic rings. The highest BCUT2D eigenvalue weighted by molar-refractivity contribution is 6.20. The third-order valence-corrected chi connectivity index (χ3v) is 2.46. The Morgan fingerprint density at radius 2 is 1.30 bits per heavy atom. The average molecular weight is 183 g/mol. The second kappa shape index (κ2) is 2.52. The molecular weight excluding hydrogens is 175 g/mol. The third kappa shape index (κ3) is 1.14. The Kier molecular flexibility index (Phi) is 1.81. The van der Waals surface area contributed by atoms with E-state index in [-0.39, 0.29) is 23.3 Å². The third-order valence-electron chi connectivity index (χ3n) is 1.89. The zero-order chi connectivity index (χ0) is 7.14. The van der Waals surface area contributed by atoms with Crippen molar-refractivity contribution in [2.45, 2.75) is 36.2 Å². The van der Waals surface area contributed by atoms with Gasteiger partial charge in [0, 0.05) is 12.8 Å². The maximum atomic E-state index is 5.72. The molecule has 0 aromatic carbocycles. The Hall–Kier alpha value is 0.500. The van der Waals surface area contributed by atoms with Gasteiger partial charge in [-0.1, -0.05) is 23.2 Å². The van der Waals surface area contributed by atoms with Crippen LogP contribution in [0.1, 0.15) is 12.8 Å². The lowest BCUT2D eigenvalue weighted by atomic mass is 10.2. The fourth-order valence-electron chi connectivity index (χ4n) is 1.45. The van der Waals surface area contributed by atoms with Gasteiger partial charge in [0.1, 0.15) is 11.1 Å². The number of fused-ring (bicyclic) bond motifs is 1. The fourth-order valence-corrected chi connectivity index (χ4v) is 2.06. The predicted molar refractivity (Wildman–Crippen MR) is 38.3 cm³/mol. The van der Waals surface area contributed by atoms with Crippen LogP contribution in [-0.4, -0.2) is 23.3 Å². The fraction of sp³-hybridized carbons (Fsp3) is 1.00. The molecule has 0 N–H and O–H groups in total. The lowest BCUT2D eigenvalue weighted by Gasteiger charge is -2.03. The Morgan fingerprint density at radius 1 is 0.900 bits per heavy atom. The highest BCUT2D eigenvalue weighted by Crippen LogP contribution is 2.36. The number of hydrogen-bond acceptors (Lipinski definition) is 2. The first kappa shape index (κ1) is 7.17. The van der Waals surface area contributed by atoms with Crippen molar-refractivity contribution in [3.8, 4) is 0 Å². The lowest BCUT2D eigenvalue weighted by Crippen LogP contribution is -2.13. The zero-order valence-electron chi connectivity index (χ0n) is 5.30. The molecule has 2 heterocycles. The molecule has 2 nitrogen and oxygen atoms in total. The Labute approximate surface area is 69.4 Å². The second-order valence-electron chi connectivity index (χ2n) is 2.64. The van der Waals surface area contributed by atoms with Crippen LogP contribution in [0.15, 0.2) is 0 Å².